The van der Waals surface area contributed by atoms with Crippen LogP contribution < -0.4 is 11.0 Å². The molecule has 23 heavy (non-hydrogen) atoms. The van der Waals surface area contributed by atoms with Gasteiger partial charge in [0.2, 0.25) is 0 Å². The van der Waals surface area contributed by atoms with Gasteiger partial charge in [0.05, 0.1) is 17.2 Å². The van der Waals surface area contributed by atoms with Crippen molar-refractivity contribution in [3.05, 3.63) is 52.0 Å². The van der Waals surface area contributed by atoms with Crippen LogP contribution >= 0.6 is 11.6 Å². The van der Waals surface area contributed by atoms with Crippen molar-refractivity contribution in [1.82, 2.24) is 14.5 Å². The number of hydrogen-bond donors (Lipinski definition) is 2. The Balaban J connectivity index is 1.73. The minimum atomic E-state index is -0.0441. The molecular weight excluding hydrogens is 312 g/mol. The van der Waals surface area contributed by atoms with Crippen LogP contribution in [-0.2, 0) is 0 Å². The normalized spacial score (nSPS) is 15.3. The van der Waals surface area contributed by atoms with Crippen LogP contribution in [0.3, 0.4) is 0 Å². The minimum Gasteiger partial charge on any atom is -0.340 e. The molecule has 0 aliphatic heterocycles. The summed E-state index contributed by atoms with van der Waals surface area (Å²) in [5, 5.41) is 3.95. The van der Waals surface area contributed by atoms with Crippen molar-refractivity contribution < 1.29 is 0 Å². The lowest BCUT2D eigenvalue weighted by Crippen LogP contribution is -2.20. The Morgan fingerprint density at radius 1 is 1.22 bits per heavy atom. The monoisotopic (exact) mass is 328 g/mol. The molecule has 0 spiro atoms. The number of hydrogen-bond acceptors (Lipinski definition) is 3. The Morgan fingerprint density at radius 2 is 1.96 bits per heavy atom. The first kappa shape index (κ1) is 14.3. The fourth-order valence-corrected chi connectivity index (χ4v) is 3.43. The molecule has 0 radical (unpaired) electrons. The molecule has 2 heterocycles. The van der Waals surface area contributed by atoms with Gasteiger partial charge >= 0.3 is 5.69 Å². The predicted octanol–water partition coefficient (Wildman–Crippen LogP) is 4.24. The Labute approximate surface area is 138 Å². The third-order valence-corrected chi connectivity index (χ3v) is 4.66. The van der Waals surface area contributed by atoms with Crippen molar-refractivity contribution >= 4 is 34.1 Å². The lowest BCUT2D eigenvalue weighted by molar-refractivity contribution is 0.518. The summed E-state index contributed by atoms with van der Waals surface area (Å²) in [5.74, 6) is 0.713. The molecule has 1 aliphatic carbocycles. The second kappa shape index (κ2) is 5.74. The van der Waals surface area contributed by atoms with E-state index in [2.05, 4.69) is 15.3 Å². The summed E-state index contributed by atoms with van der Waals surface area (Å²) >= 11 is 5.90. The fraction of sp³-hybridized carbons (Fsp3) is 0.294. The Bertz CT molecular complexity index is 891. The summed E-state index contributed by atoms with van der Waals surface area (Å²) in [5.41, 5.74) is 2.56. The van der Waals surface area contributed by atoms with Crippen molar-refractivity contribution in [2.75, 3.05) is 5.32 Å². The van der Waals surface area contributed by atoms with Gasteiger partial charge in [-0.2, -0.15) is 0 Å². The van der Waals surface area contributed by atoms with E-state index in [9.17, 15) is 4.79 Å². The molecule has 2 aromatic heterocycles. The van der Waals surface area contributed by atoms with Gasteiger partial charge in [-0.15, -0.1) is 0 Å². The van der Waals surface area contributed by atoms with Gasteiger partial charge in [0.1, 0.15) is 5.82 Å². The zero-order valence-corrected chi connectivity index (χ0v) is 13.3. The van der Waals surface area contributed by atoms with E-state index in [0.29, 0.717) is 16.9 Å². The summed E-state index contributed by atoms with van der Waals surface area (Å²) in [6, 6.07) is 9.67. The Hall–Kier alpha value is -2.27. The molecule has 1 aliphatic rings. The maximum atomic E-state index is 12.3. The van der Waals surface area contributed by atoms with Crippen LogP contribution in [0.2, 0.25) is 5.02 Å². The minimum absolute atomic E-state index is 0.0441. The predicted molar refractivity (Wildman–Crippen MR) is 92.6 cm³/mol. The largest absolute Gasteiger partial charge is 0.340 e. The van der Waals surface area contributed by atoms with Crippen molar-refractivity contribution in [2.24, 2.45) is 0 Å². The van der Waals surface area contributed by atoms with Crippen LogP contribution in [-0.4, -0.2) is 14.5 Å². The number of aromatic nitrogens is 3. The molecular formula is C17H17ClN4O. The van der Waals surface area contributed by atoms with Crippen molar-refractivity contribution in [1.29, 1.82) is 0 Å². The first-order valence-electron chi connectivity index (χ1n) is 7.83. The van der Waals surface area contributed by atoms with E-state index in [4.69, 9.17) is 11.6 Å². The standard InChI is InChI=1S/C17H17ClN4O/c18-11-5-7-12(8-6-11)20-16-9-15-14(10-19-16)21-17(23)22(15)13-3-1-2-4-13/h5-10,13H,1-4H2,(H,19,20)(H,21,23). The summed E-state index contributed by atoms with van der Waals surface area (Å²) in [6.45, 7) is 0. The molecule has 0 saturated heterocycles. The van der Waals surface area contributed by atoms with Gasteiger partial charge in [-0.3, -0.25) is 4.57 Å². The van der Waals surface area contributed by atoms with Crippen molar-refractivity contribution in [3.8, 4) is 0 Å². The smallest absolute Gasteiger partial charge is 0.326 e. The molecule has 0 amide bonds. The molecule has 1 saturated carbocycles. The second-order valence-electron chi connectivity index (χ2n) is 5.96. The van der Waals surface area contributed by atoms with E-state index in [0.717, 1.165) is 29.6 Å². The second-order valence-corrected chi connectivity index (χ2v) is 6.39. The van der Waals surface area contributed by atoms with E-state index in [1.54, 1.807) is 6.20 Å². The molecule has 0 bridgehead atoms. The van der Waals surface area contributed by atoms with Gasteiger partial charge in [0.15, 0.2) is 0 Å². The zero-order valence-electron chi connectivity index (χ0n) is 12.6. The lowest BCUT2D eigenvalue weighted by Gasteiger charge is -2.12. The first-order valence-corrected chi connectivity index (χ1v) is 8.21. The number of nitrogens with zero attached hydrogens (tertiary/aromatic N) is 2. The molecule has 0 unspecified atom stereocenters. The highest BCUT2D eigenvalue weighted by Gasteiger charge is 2.21. The van der Waals surface area contributed by atoms with Crippen molar-refractivity contribution in [3.63, 3.8) is 0 Å². The van der Waals surface area contributed by atoms with Crippen LogP contribution in [0.15, 0.2) is 41.3 Å². The SMILES string of the molecule is O=c1[nH]c2cnc(Nc3ccc(Cl)cc3)cc2n1C1CCCC1. The number of aromatic amines is 1. The number of imidazole rings is 1. The number of anilines is 2. The maximum Gasteiger partial charge on any atom is 0.326 e. The highest BCUT2D eigenvalue weighted by atomic mass is 35.5. The van der Waals surface area contributed by atoms with Gasteiger partial charge in [0.25, 0.3) is 0 Å². The van der Waals surface area contributed by atoms with Crippen molar-refractivity contribution in [2.45, 2.75) is 31.7 Å². The summed E-state index contributed by atoms with van der Waals surface area (Å²) in [7, 11) is 0. The summed E-state index contributed by atoms with van der Waals surface area (Å²) in [4.78, 5) is 19.6. The molecule has 5 nitrogen and oxygen atoms in total. The molecule has 0 atom stereocenters. The molecule has 6 heteroatoms. The zero-order chi connectivity index (χ0) is 15.8. The van der Waals surface area contributed by atoms with Gasteiger partial charge in [0, 0.05) is 22.8 Å². The van der Waals surface area contributed by atoms with E-state index in [1.807, 2.05) is 34.9 Å². The first-order chi connectivity index (χ1) is 11.2. The van der Waals surface area contributed by atoms with Crippen LogP contribution in [0.25, 0.3) is 11.0 Å². The molecule has 118 valence electrons. The average Bonchev–Trinajstić information content (AvgIpc) is 3.16. The summed E-state index contributed by atoms with van der Waals surface area (Å²) in [6.07, 6.45) is 6.21. The Kier molecular flexibility index (Phi) is 3.58. The van der Waals surface area contributed by atoms with E-state index >= 15 is 0 Å². The van der Waals surface area contributed by atoms with Crippen LogP contribution in [0.5, 0.6) is 0 Å². The van der Waals surface area contributed by atoms with Gasteiger partial charge in [-0.25, -0.2) is 9.78 Å². The average molecular weight is 329 g/mol. The van der Waals surface area contributed by atoms with E-state index in [-0.39, 0.29) is 5.69 Å². The van der Waals surface area contributed by atoms with Crippen LogP contribution in [0.1, 0.15) is 31.7 Å². The fourth-order valence-electron chi connectivity index (χ4n) is 3.30. The quantitative estimate of drug-likeness (QED) is 0.756. The van der Waals surface area contributed by atoms with E-state index in [1.165, 1.54) is 12.8 Å². The maximum absolute atomic E-state index is 12.3. The number of rotatable bonds is 3. The van der Waals surface area contributed by atoms with Crippen LogP contribution in [0.4, 0.5) is 11.5 Å². The van der Waals surface area contributed by atoms with E-state index < -0.39 is 0 Å². The van der Waals surface area contributed by atoms with Gasteiger partial charge in [-0.05, 0) is 37.1 Å². The van der Waals surface area contributed by atoms with Gasteiger partial charge in [-0.1, -0.05) is 24.4 Å². The number of pyridine rings is 1. The number of H-pyrrole nitrogens is 1. The third kappa shape index (κ3) is 2.72. The topological polar surface area (TPSA) is 62.7 Å². The van der Waals surface area contributed by atoms with Gasteiger partial charge < -0.3 is 10.3 Å². The molecule has 4 rings (SSSR count). The lowest BCUT2D eigenvalue weighted by atomic mass is 10.2. The number of benzene rings is 1. The number of fused-ring (bicyclic) bond motifs is 1. The highest BCUT2D eigenvalue weighted by molar-refractivity contribution is 6.30. The molecule has 1 aromatic carbocycles. The summed E-state index contributed by atoms with van der Waals surface area (Å²) < 4.78 is 1.89. The molecule has 1 fully saturated rings. The van der Waals surface area contributed by atoms with Crippen LogP contribution in [0, 0.1) is 0 Å². The molecule has 2 N–H and O–H groups in total. The Morgan fingerprint density at radius 3 is 2.70 bits per heavy atom. The third-order valence-electron chi connectivity index (χ3n) is 4.41. The highest BCUT2D eigenvalue weighted by Crippen LogP contribution is 2.31. The molecule has 3 aromatic rings. The number of halogens is 1. The number of nitrogens with one attached hydrogen (secondary N) is 2.